The molecule has 0 aliphatic heterocycles. The van der Waals surface area contributed by atoms with E-state index in [4.69, 9.17) is 0 Å². The first kappa shape index (κ1) is 12.9. The molecule has 1 saturated carbocycles. The molecule has 1 aliphatic carbocycles. The Morgan fingerprint density at radius 3 is 2.60 bits per heavy atom. The fraction of sp³-hybridized carbons (Fsp3) is 0.500. The second kappa shape index (κ2) is 4.77. The van der Waals surface area contributed by atoms with E-state index in [9.17, 15) is 9.59 Å². The molecule has 1 aliphatic rings. The lowest BCUT2D eigenvalue weighted by Gasteiger charge is -2.16. The quantitative estimate of drug-likeness (QED) is 0.886. The highest BCUT2D eigenvalue weighted by Crippen LogP contribution is 2.24. The van der Waals surface area contributed by atoms with E-state index < -0.39 is 0 Å². The molecule has 0 saturated heterocycles. The van der Waals surface area contributed by atoms with Crippen molar-refractivity contribution in [3.63, 3.8) is 0 Å². The average Bonchev–Trinajstić information content (AvgIpc) is 2.95. The second-order valence-electron chi connectivity index (χ2n) is 5.39. The lowest BCUT2D eigenvalue weighted by atomic mass is 10.2. The summed E-state index contributed by atoms with van der Waals surface area (Å²) in [6, 6.07) is 2.22. The Kier molecular flexibility index (Phi) is 3.08. The van der Waals surface area contributed by atoms with Crippen LogP contribution in [0.25, 0.3) is 11.0 Å². The van der Waals surface area contributed by atoms with Crippen molar-refractivity contribution in [3.05, 3.63) is 33.1 Å². The summed E-state index contributed by atoms with van der Waals surface area (Å²) in [7, 11) is 3.13. The van der Waals surface area contributed by atoms with Crippen LogP contribution in [0, 0.1) is 0 Å². The standard InChI is InChI=1S/C14H18N4O2/c1-17-12-11(13(19)18(2)14(17)20)10(7-8-15-12)16-9-5-3-4-6-9/h7-9H,3-6H2,1-2H3,(H,15,16). The third kappa shape index (κ3) is 1.92. The maximum absolute atomic E-state index is 12.4. The second-order valence-corrected chi connectivity index (χ2v) is 5.39. The SMILES string of the molecule is Cn1c(=O)c2c(NC3CCCC3)ccnc2n(C)c1=O. The van der Waals surface area contributed by atoms with Gasteiger partial charge in [0, 0.05) is 26.3 Å². The summed E-state index contributed by atoms with van der Waals surface area (Å²) in [6.07, 6.45) is 6.32. The number of fused-ring (bicyclic) bond motifs is 1. The van der Waals surface area contributed by atoms with Gasteiger partial charge in [-0.05, 0) is 18.9 Å². The molecular weight excluding hydrogens is 256 g/mol. The number of pyridine rings is 1. The van der Waals surface area contributed by atoms with E-state index in [1.54, 1.807) is 13.2 Å². The van der Waals surface area contributed by atoms with Crippen LogP contribution in [0.5, 0.6) is 0 Å². The predicted octanol–water partition coefficient (Wildman–Crippen LogP) is 0.987. The number of aromatic nitrogens is 3. The molecule has 6 nitrogen and oxygen atoms in total. The molecule has 2 aromatic rings. The van der Waals surface area contributed by atoms with Crippen LogP contribution < -0.4 is 16.6 Å². The molecule has 2 aromatic heterocycles. The Morgan fingerprint density at radius 2 is 1.90 bits per heavy atom. The average molecular weight is 274 g/mol. The topological polar surface area (TPSA) is 68.9 Å². The van der Waals surface area contributed by atoms with Gasteiger partial charge >= 0.3 is 5.69 Å². The molecule has 2 heterocycles. The van der Waals surface area contributed by atoms with Crippen molar-refractivity contribution in [3.8, 4) is 0 Å². The Morgan fingerprint density at radius 1 is 1.20 bits per heavy atom. The van der Waals surface area contributed by atoms with Crippen LogP contribution in [0.15, 0.2) is 21.9 Å². The minimum atomic E-state index is -0.354. The maximum Gasteiger partial charge on any atom is 0.332 e. The molecule has 0 amide bonds. The first-order chi connectivity index (χ1) is 9.59. The predicted molar refractivity (Wildman–Crippen MR) is 78.1 cm³/mol. The fourth-order valence-electron chi connectivity index (χ4n) is 2.90. The van der Waals surface area contributed by atoms with Gasteiger partial charge in [-0.3, -0.25) is 13.9 Å². The molecule has 6 heteroatoms. The van der Waals surface area contributed by atoms with E-state index in [1.807, 2.05) is 6.07 Å². The molecule has 0 atom stereocenters. The third-order valence-corrected chi connectivity index (χ3v) is 4.06. The minimum absolute atomic E-state index is 0.295. The summed E-state index contributed by atoms with van der Waals surface area (Å²) < 4.78 is 2.54. The summed E-state index contributed by atoms with van der Waals surface area (Å²) in [5.41, 5.74) is 0.559. The van der Waals surface area contributed by atoms with Crippen LogP contribution in [-0.4, -0.2) is 20.2 Å². The molecule has 20 heavy (non-hydrogen) atoms. The van der Waals surface area contributed by atoms with Gasteiger partial charge in [-0.1, -0.05) is 12.8 Å². The number of hydrogen-bond donors (Lipinski definition) is 1. The summed E-state index contributed by atoms with van der Waals surface area (Å²) >= 11 is 0. The lowest BCUT2D eigenvalue weighted by Crippen LogP contribution is -2.37. The van der Waals surface area contributed by atoms with Crippen LogP contribution in [0.3, 0.4) is 0 Å². The normalized spacial score (nSPS) is 15.9. The highest BCUT2D eigenvalue weighted by molar-refractivity contribution is 5.88. The van der Waals surface area contributed by atoms with E-state index in [1.165, 1.54) is 24.5 Å². The smallest absolute Gasteiger partial charge is 0.332 e. The summed E-state index contributed by atoms with van der Waals surface area (Å²) in [5.74, 6) is 0. The van der Waals surface area contributed by atoms with Gasteiger partial charge in [0.25, 0.3) is 5.56 Å². The van der Waals surface area contributed by atoms with Crippen molar-refractivity contribution < 1.29 is 0 Å². The minimum Gasteiger partial charge on any atom is -0.382 e. The first-order valence-electron chi connectivity index (χ1n) is 6.91. The summed E-state index contributed by atoms with van der Waals surface area (Å²) in [5, 5.41) is 3.92. The van der Waals surface area contributed by atoms with E-state index in [0.717, 1.165) is 23.1 Å². The number of nitrogens with one attached hydrogen (secondary N) is 1. The van der Waals surface area contributed by atoms with Crippen LogP contribution in [0.4, 0.5) is 5.69 Å². The zero-order chi connectivity index (χ0) is 14.3. The molecule has 3 rings (SSSR count). The van der Waals surface area contributed by atoms with Gasteiger partial charge in [-0.2, -0.15) is 0 Å². The van der Waals surface area contributed by atoms with Crippen LogP contribution >= 0.6 is 0 Å². The summed E-state index contributed by atoms with van der Waals surface area (Å²) in [4.78, 5) is 28.5. The van der Waals surface area contributed by atoms with Crippen LogP contribution in [0.1, 0.15) is 25.7 Å². The van der Waals surface area contributed by atoms with Crippen LogP contribution in [-0.2, 0) is 14.1 Å². The highest BCUT2D eigenvalue weighted by Gasteiger charge is 2.18. The number of aryl methyl sites for hydroxylation is 1. The molecule has 0 bridgehead atoms. The third-order valence-electron chi connectivity index (χ3n) is 4.06. The van der Waals surface area contributed by atoms with E-state index in [-0.39, 0.29) is 11.2 Å². The van der Waals surface area contributed by atoms with Gasteiger partial charge in [0.05, 0.1) is 5.69 Å². The highest BCUT2D eigenvalue weighted by atomic mass is 16.2. The van der Waals surface area contributed by atoms with Crippen molar-refractivity contribution >= 4 is 16.7 Å². The van der Waals surface area contributed by atoms with Gasteiger partial charge in [-0.25, -0.2) is 9.78 Å². The van der Waals surface area contributed by atoms with Crippen molar-refractivity contribution in [2.24, 2.45) is 14.1 Å². The summed E-state index contributed by atoms with van der Waals surface area (Å²) in [6.45, 7) is 0. The molecular formula is C14H18N4O2. The van der Waals surface area contributed by atoms with Gasteiger partial charge < -0.3 is 5.32 Å². The molecule has 0 unspecified atom stereocenters. The van der Waals surface area contributed by atoms with Gasteiger partial charge in [0.2, 0.25) is 0 Å². The monoisotopic (exact) mass is 274 g/mol. The van der Waals surface area contributed by atoms with Gasteiger partial charge in [-0.15, -0.1) is 0 Å². The first-order valence-corrected chi connectivity index (χ1v) is 6.91. The van der Waals surface area contributed by atoms with E-state index in [0.29, 0.717) is 17.1 Å². The zero-order valence-electron chi connectivity index (χ0n) is 11.7. The number of rotatable bonds is 2. The van der Waals surface area contributed by atoms with E-state index >= 15 is 0 Å². The molecule has 0 spiro atoms. The molecule has 1 fully saturated rings. The van der Waals surface area contributed by atoms with Crippen molar-refractivity contribution in [2.45, 2.75) is 31.7 Å². The number of nitrogens with zero attached hydrogens (tertiary/aromatic N) is 3. The van der Waals surface area contributed by atoms with Gasteiger partial charge in [0.15, 0.2) is 5.65 Å². The van der Waals surface area contributed by atoms with Crippen molar-refractivity contribution in [1.82, 2.24) is 14.1 Å². The fourth-order valence-corrected chi connectivity index (χ4v) is 2.90. The molecule has 1 N–H and O–H groups in total. The Labute approximate surface area is 116 Å². The van der Waals surface area contributed by atoms with Crippen molar-refractivity contribution in [2.75, 3.05) is 5.32 Å². The Hall–Kier alpha value is -2.11. The number of hydrogen-bond acceptors (Lipinski definition) is 4. The molecule has 106 valence electrons. The van der Waals surface area contributed by atoms with E-state index in [2.05, 4.69) is 10.3 Å². The van der Waals surface area contributed by atoms with Crippen molar-refractivity contribution in [1.29, 1.82) is 0 Å². The van der Waals surface area contributed by atoms with Gasteiger partial charge in [0.1, 0.15) is 5.39 Å². The number of anilines is 1. The zero-order valence-corrected chi connectivity index (χ0v) is 11.7. The van der Waals surface area contributed by atoms with Crippen LogP contribution in [0.2, 0.25) is 0 Å². The Bertz CT molecular complexity index is 769. The lowest BCUT2D eigenvalue weighted by molar-refractivity contribution is 0.706. The molecule has 0 radical (unpaired) electrons. The Balaban J connectivity index is 2.23. The largest absolute Gasteiger partial charge is 0.382 e. The maximum atomic E-state index is 12.4. The molecule has 0 aromatic carbocycles.